The predicted octanol–water partition coefficient (Wildman–Crippen LogP) is 4.97. The van der Waals surface area contributed by atoms with Crippen LogP contribution in [0.4, 0.5) is 4.39 Å². The molecular weight excluding hydrogens is 333 g/mol. The Hall–Kier alpha value is -3.21. The highest BCUT2D eigenvalue weighted by Gasteiger charge is 2.16. The molecule has 0 aliphatic heterocycles. The van der Waals surface area contributed by atoms with E-state index in [-0.39, 0.29) is 18.3 Å². The molecular formula is C21H18FNO3. The van der Waals surface area contributed by atoms with E-state index >= 15 is 0 Å². The lowest BCUT2D eigenvalue weighted by molar-refractivity contribution is 0.0482. The molecule has 1 aromatic heterocycles. The first-order valence-corrected chi connectivity index (χ1v) is 8.24. The highest BCUT2D eigenvalue weighted by molar-refractivity contribution is 5.92. The lowest BCUT2D eigenvalue weighted by atomic mass is 10.0. The minimum atomic E-state index is -0.500. The number of nitrogens with zero attached hydrogens (tertiary/aromatic N) is 1. The van der Waals surface area contributed by atoms with Gasteiger partial charge in [-0.05, 0) is 35.9 Å². The summed E-state index contributed by atoms with van der Waals surface area (Å²) in [6.45, 7) is 2.01. The van der Waals surface area contributed by atoms with Crippen LogP contribution < -0.4 is 4.74 Å². The van der Waals surface area contributed by atoms with Gasteiger partial charge in [0.2, 0.25) is 5.88 Å². The Kier molecular flexibility index (Phi) is 5.59. The molecule has 0 aliphatic carbocycles. The van der Waals surface area contributed by atoms with E-state index in [2.05, 4.69) is 4.98 Å². The van der Waals surface area contributed by atoms with Gasteiger partial charge in [0.1, 0.15) is 17.1 Å². The first kappa shape index (κ1) is 17.6. The SMILES string of the molecule is CC(COC(=O)c1ccccc1Oc1ccccn1)c1cccc(F)c1. The molecule has 0 saturated carbocycles. The van der Waals surface area contributed by atoms with Gasteiger partial charge < -0.3 is 9.47 Å². The Morgan fingerprint density at radius 2 is 1.88 bits per heavy atom. The molecule has 0 saturated heterocycles. The fraction of sp³-hybridized carbons (Fsp3) is 0.143. The summed E-state index contributed by atoms with van der Waals surface area (Å²) in [4.78, 5) is 16.5. The van der Waals surface area contributed by atoms with Crippen molar-refractivity contribution in [1.29, 1.82) is 0 Å². The average Bonchev–Trinajstić information content (AvgIpc) is 2.67. The number of halogens is 1. The van der Waals surface area contributed by atoms with E-state index in [0.29, 0.717) is 17.2 Å². The maximum Gasteiger partial charge on any atom is 0.341 e. The Morgan fingerprint density at radius 3 is 2.65 bits per heavy atom. The minimum Gasteiger partial charge on any atom is -0.461 e. The van der Waals surface area contributed by atoms with Crippen molar-refractivity contribution >= 4 is 5.97 Å². The van der Waals surface area contributed by atoms with E-state index in [4.69, 9.17) is 9.47 Å². The molecule has 132 valence electrons. The molecule has 5 heteroatoms. The molecule has 0 radical (unpaired) electrons. The quantitative estimate of drug-likeness (QED) is 0.588. The number of aromatic nitrogens is 1. The molecule has 0 bridgehead atoms. The Labute approximate surface area is 151 Å². The number of benzene rings is 2. The second-order valence-electron chi connectivity index (χ2n) is 5.82. The highest BCUT2D eigenvalue weighted by Crippen LogP contribution is 2.25. The van der Waals surface area contributed by atoms with Crippen molar-refractivity contribution in [2.24, 2.45) is 0 Å². The van der Waals surface area contributed by atoms with Gasteiger partial charge >= 0.3 is 5.97 Å². The van der Waals surface area contributed by atoms with Crippen LogP contribution in [0, 0.1) is 5.82 Å². The van der Waals surface area contributed by atoms with Gasteiger partial charge in [0.15, 0.2) is 0 Å². The molecule has 4 nitrogen and oxygen atoms in total. The molecule has 1 unspecified atom stereocenters. The summed E-state index contributed by atoms with van der Waals surface area (Å²) < 4.78 is 24.4. The lowest BCUT2D eigenvalue weighted by Crippen LogP contribution is -2.12. The number of pyridine rings is 1. The van der Waals surface area contributed by atoms with Crippen LogP contribution in [0.25, 0.3) is 0 Å². The first-order valence-electron chi connectivity index (χ1n) is 8.24. The van der Waals surface area contributed by atoms with E-state index in [9.17, 15) is 9.18 Å². The van der Waals surface area contributed by atoms with Gasteiger partial charge in [0.05, 0.1) is 6.61 Å². The second-order valence-corrected chi connectivity index (χ2v) is 5.82. The first-order chi connectivity index (χ1) is 12.6. The third-order valence-corrected chi connectivity index (χ3v) is 3.84. The topological polar surface area (TPSA) is 48.4 Å². The maximum atomic E-state index is 13.3. The Bertz CT molecular complexity index is 883. The molecule has 3 aromatic rings. The highest BCUT2D eigenvalue weighted by atomic mass is 19.1. The molecule has 0 fully saturated rings. The van der Waals surface area contributed by atoms with E-state index in [1.54, 1.807) is 60.8 Å². The summed E-state index contributed by atoms with van der Waals surface area (Å²) in [6, 6.07) is 18.4. The van der Waals surface area contributed by atoms with Crippen molar-refractivity contribution in [3.05, 3.63) is 89.9 Å². The van der Waals surface area contributed by atoms with Crippen molar-refractivity contribution < 1.29 is 18.7 Å². The van der Waals surface area contributed by atoms with Gasteiger partial charge in [0.25, 0.3) is 0 Å². The van der Waals surface area contributed by atoms with E-state index in [0.717, 1.165) is 5.56 Å². The van der Waals surface area contributed by atoms with Crippen LogP contribution in [-0.4, -0.2) is 17.6 Å². The average molecular weight is 351 g/mol. The largest absolute Gasteiger partial charge is 0.461 e. The van der Waals surface area contributed by atoms with E-state index < -0.39 is 5.97 Å². The molecule has 26 heavy (non-hydrogen) atoms. The van der Waals surface area contributed by atoms with Crippen molar-refractivity contribution in [1.82, 2.24) is 4.98 Å². The predicted molar refractivity (Wildman–Crippen MR) is 95.9 cm³/mol. The molecule has 1 atom stereocenters. The molecule has 1 heterocycles. The zero-order chi connectivity index (χ0) is 18.4. The monoisotopic (exact) mass is 351 g/mol. The zero-order valence-corrected chi connectivity index (χ0v) is 14.3. The van der Waals surface area contributed by atoms with E-state index in [1.807, 2.05) is 6.92 Å². The summed E-state index contributed by atoms with van der Waals surface area (Å²) in [5.41, 5.74) is 1.08. The van der Waals surface area contributed by atoms with Crippen LogP contribution >= 0.6 is 0 Å². The standard InChI is InChI=1S/C21H18FNO3/c1-15(16-7-6-8-17(22)13-16)14-25-21(24)18-9-2-3-10-19(18)26-20-11-4-5-12-23-20/h2-13,15H,14H2,1H3. The fourth-order valence-corrected chi connectivity index (χ4v) is 2.43. The van der Waals surface area contributed by atoms with Crippen LogP contribution in [0.5, 0.6) is 11.6 Å². The van der Waals surface area contributed by atoms with Gasteiger partial charge in [-0.15, -0.1) is 0 Å². The summed E-state index contributed by atoms with van der Waals surface area (Å²) in [6.07, 6.45) is 1.61. The van der Waals surface area contributed by atoms with Crippen molar-refractivity contribution in [3.8, 4) is 11.6 Å². The van der Waals surface area contributed by atoms with Crippen LogP contribution in [0.15, 0.2) is 72.9 Å². The van der Waals surface area contributed by atoms with E-state index in [1.165, 1.54) is 12.1 Å². The summed E-state index contributed by atoms with van der Waals surface area (Å²) in [5, 5.41) is 0. The number of carbonyl (C=O) groups excluding carboxylic acids is 1. The molecule has 2 aromatic carbocycles. The maximum absolute atomic E-state index is 13.3. The number of hydrogen-bond acceptors (Lipinski definition) is 4. The van der Waals surface area contributed by atoms with Crippen molar-refractivity contribution in [2.75, 3.05) is 6.61 Å². The van der Waals surface area contributed by atoms with Gasteiger partial charge in [0, 0.05) is 18.2 Å². The normalized spacial score (nSPS) is 11.6. The minimum absolute atomic E-state index is 0.126. The molecule has 0 N–H and O–H groups in total. The lowest BCUT2D eigenvalue weighted by Gasteiger charge is -2.14. The Morgan fingerprint density at radius 1 is 1.08 bits per heavy atom. The second kappa shape index (κ2) is 8.25. The number of esters is 1. The van der Waals surface area contributed by atoms with Crippen LogP contribution in [0.3, 0.4) is 0 Å². The zero-order valence-electron chi connectivity index (χ0n) is 14.3. The summed E-state index contributed by atoms with van der Waals surface area (Å²) in [7, 11) is 0. The number of hydrogen-bond donors (Lipinski definition) is 0. The van der Waals surface area contributed by atoms with Crippen LogP contribution in [0.2, 0.25) is 0 Å². The number of ether oxygens (including phenoxy) is 2. The van der Waals surface area contributed by atoms with Crippen LogP contribution in [-0.2, 0) is 4.74 Å². The third-order valence-electron chi connectivity index (χ3n) is 3.84. The van der Waals surface area contributed by atoms with Crippen molar-refractivity contribution in [2.45, 2.75) is 12.8 Å². The molecule has 0 spiro atoms. The Balaban J connectivity index is 1.68. The number of para-hydroxylation sites is 1. The number of rotatable bonds is 6. The van der Waals surface area contributed by atoms with Crippen molar-refractivity contribution in [3.63, 3.8) is 0 Å². The fourth-order valence-electron chi connectivity index (χ4n) is 2.43. The third kappa shape index (κ3) is 4.45. The van der Waals surface area contributed by atoms with Gasteiger partial charge in [-0.1, -0.05) is 37.3 Å². The van der Waals surface area contributed by atoms with Gasteiger partial charge in [-0.25, -0.2) is 14.2 Å². The smallest absolute Gasteiger partial charge is 0.341 e. The summed E-state index contributed by atoms with van der Waals surface area (Å²) >= 11 is 0. The van der Waals surface area contributed by atoms with Crippen LogP contribution in [0.1, 0.15) is 28.8 Å². The van der Waals surface area contributed by atoms with Gasteiger partial charge in [-0.2, -0.15) is 0 Å². The molecule has 0 amide bonds. The summed E-state index contributed by atoms with van der Waals surface area (Å²) in [5.74, 6) is -0.177. The number of carbonyl (C=O) groups is 1. The molecule has 3 rings (SSSR count). The van der Waals surface area contributed by atoms with Gasteiger partial charge in [-0.3, -0.25) is 0 Å². The molecule has 0 aliphatic rings.